The van der Waals surface area contributed by atoms with Crippen molar-refractivity contribution in [3.8, 4) is 0 Å². The topological polar surface area (TPSA) is 104 Å². The van der Waals surface area contributed by atoms with Gasteiger partial charge in [-0.25, -0.2) is 8.42 Å². The zero-order valence-electron chi connectivity index (χ0n) is 22.4. The number of benzene rings is 3. The van der Waals surface area contributed by atoms with Gasteiger partial charge in [-0.3, -0.25) is 18.7 Å². The highest BCUT2D eigenvalue weighted by Crippen LogP contribution is 2.28. The summed E-state index contributed by atoms with van der Waals surface area (Å²) in [5, 5.41) is 3.38. The number of Topliss-reactive ketones (excluding diaryl/α,β-unsaturated/α-hetero) is 1. The zero-order chi connectivity index (χ0) is 29.4. The van der Waals surface area contributed by atoms with E-state index in [0.29, 0.717) is 27.7 Å². The van der Waals surface area contributed by atoms with E-state index in [4.69, 9.17) is 23.2 Å². The Kier molecular flexibility index (Phi) is 10.7. The first kappa shape index (κ1) is 31.1. The van der Waals surface area contributed by atoms with Crippen LogP contribution < -0.4 is 9.62 Å². The van der Waals surface area contributed by atoms with E-state index in [0.717, 1.165) is 16.1 Å². The van der Waals surface area contributed by atoms with Crippen molar-refractivity contribution in [2.45, 2.75) is 32.9 Å². The summed E-state index contributed by atoms with van der Waals surface area (Å²) in [7, 11) is -3.97. The van der Waals surface area contributed by atoms with Crippen molar-refractivity contribution < 1.29 is 22.8 Å². The second-order valence-corrected chi connectivity index (χ2v) is 11.9. The number of amides is 2. The van der Waals surface area contributed by atoms with Gasteiger partial charge in [-0.05, 0) is 43.7 Å². The molecule has 8 nitrogen and oxygen atoms in total. The first-order chi connectivity index (χ1) is 18.9. The predicted molar refractivity (Wildman–Crippen MR) is 158 cm³/mol. The summed E-state index contributed by atoms with van der Waals surface area (Å²) in [5.74, 6) is -1.31. The van der Waals surface area contributed by atoms with E-state index in [2.05, 4.69) is 5.32 Å². The van der Waals surface area contributed by atoms with Crippen molar-refractivity contribution in [3.63, 3.8) is 0 Å². The van der Waals surface area contributed by atoms with Gasteiger partial charge in [-0.2, -0.15) is 0 Å². The maximum Gasteiger partial charge on any atom is 0.244 e. The highest BCUT2D eigenvalue weighted by molar-refractivity contribution is 7.92. The molecule has 0 fully saturated rings. The predicted octanol–water partition coefficient (Wildman–Crippen LogP) is 4.74. The summed E-state index contributed by atoms with van der Waals surface area (Å²) in [6.07, 6.45) is 1.14. The van der Waals surface area contributed by atoms with Crippen LogP contribution in [-0.4, -0.2) is 56.3 Å². The summed E-state index contributed by atoms with van der Waals surface area (Å²) in [4.78, 5) is 40.7. The van der Waals surface area contributed by atoms with Crippen LogP contribution in [0.5, 0.6) is 0 Å². The second kappa shape index (κ2) is 13.8. The molecule has 0 saturated heterocycles. The van der Waals surface area contributed by atoms with E-state index in [1.54, 1.807) is 37.3 Å². The third-order valence-corrected chi connectivity index (χ3v) is 8.08. The van der Waals surface area contributed by atoms with Gasteiger partial charge in [0.25, 0.3) is 0 Å². The Labute approximate surface area is 244 Å². The van der Waals surface area contributed by atoms with Gasteiger partial charge >= 0.3 is 0 Å². The molecule has 3 aromatic rings. The van der Waals surface area contributed by atoms with Gasteiger partial charge in [0.05, 0.1) is 11.9 Å². The minimum atomic E-state index is -3.97. The van der Waals surface area contributed by atoms with Gasteiger partial charge < -0.3 is 10.2 Å². The molecule has 3 rings (SSSR count). The lowest BCUT2D eigenvalue weighted by atomic mass is 10.0. The van der Waals surface area contributed by atoms with Crippen LogP contribution in [0.15, 0.2) is 72.8 Å². The van der Waals surface area contributed by atoms with Crippen LogP contribution in [0, 0.1) is 0 Å². The number of nitrogens with zero attached hydrogens (tertiary/aromatic N) is 2. The number of hydrogen-bond donors (Lipinski definition) is 1. The van der Waals surface area contributed by atoms with Crippen LogP contribution in [0.2, 0.25) is 10.0 Å². The fourth-order valence-corrected chi connectivity index (χ4v) is 5.55. The number of halogens is 2. The molecule has 3 aromatic carbocycles. The summed E-state index contributed by atoms with van der Waals surface area (Å²) < 4.78 is 26.7. The van der Waals surface area contributed by atoms with Gasteiger partial charge in [0.1, 0.15) is 12.6 Å². The molecule has 1 atom stereocenters. The Morgan fingerprint density at radius 2 is 1.55 bits per heavy atom. The molecule has 0 aliphatic carbocycles. The molecule has 0 radical (unpaired) electrons. The SMILES string of the molecule is CCNC(=O)[C@@H](Cc1ccccc1)N(Cc1c(Cl)cccc1Cl)C(=O)CN(c1cccc(C(C)=O)c1)S(C)(=O)=O. The van der Waals surface area contributed by atoms with E-state index in [-0.39, 0.29) is 24.4 Å². The largest absolute Gasteiger partial charge is 0.355 e. The number of nitrogens with one attached hydrogen (secondary N) is 1. The Morgan fingerprint density at radius 1 is 0.925 bits per heavy atom. The molecule has 0 unspecified atom stereocenters. The van der Waals surface area contributed by atoms with E-state index in [1.807, 2.05) is 30.3 Å². The van der Waals surface area contributed by atoms with Gasteiger partial charge in [0.15, 0.2) is 5.78 Å². The molecule has 0 aromatic heterocycles. The lowest BCUT2D eigenvalue weighted by molar-refractivity contribution is -0.140. The third-order valence-electron chi connectivity index (χ3n) is 6.23. The Hall–Kier alpha value is -3.40. The summed E-state index contributed by atoms with van der Waals surface area (Å²) in [6.45, 7) is 2.70. The van der Waals surface area contributed by atoms with Crippen LogP contribution in [0.25, 0.3) is 0 Å². The molecule has 1 N–H and O–H groups in total. The molecule has 212 valence electrons. The smallest absolute Gasteiger partial charge is 0.244 e. The highest BCUT2D eigenvalue weighted by Gasteiger charge is 2.33. The summed E-state index contributed by atoms with van der Waals surface area (Å²) in [5.41, 5.74) is 1.67. The zero-order valence-corrected chi connectivity index (χ0v) is 24.8. The third kappa shape index (κ3) is 8.06. The molecule has 0 aliphatic heterocycles. The highest BCUT2D eigenvalue weighted by atomic mass is 35.5. The maximum atomic E-state index is 14.0. The van der Waals surface area contributed by atoms with Crippen molar-refractivity contribution in [1.29, 1.82) is 0 Å². The van der Waals surface area contributed by atoms with Crippen LogP contribution in [0.4, 0.5) is 5.69 Å². The Bertz CT molecular complexity index is 1460. The monoisotopic (exact) mass is 603 g/mol. The average Bonchev–Trinajstić information content (AvgIpc) is 2.90. The van der Waals surface area contributed by atoms with Crippen molar-refractivity contribution >= 4 is 56.5 Å². The molecular formula is C29H31Cl2N3O5S. The van der Waals surface area contributed by atoms with E-state index >= 15 is 0 Å². The Morgan fingerprint density at radius 3 is 2.12 bits per heavy atom. The summed E-state index contributed by atoms with van der Waals surface area (Å²) in [6, 6.07) is 19.1. The van der Waals surface area contributed by atoms with Gasteiger partial charge in [-0.15, -0.1) is 0 Å². The van der Waals surface area contributed by atoms with Crippen molar-refractivity contribution in [3.05, 3.63) is 99.5 Å². The average molecular weight is 605 g/mol. The van der Waals surface area contributed by atoms with Gasteiger partial charge in [-0.1, -0.05) is 71.7 Å². The number of rotatable bonds is 12. The molecule has 0 saturated carbocycles. The number of carbonyl (C=O) groups excluding carboxylic acids is 3. The lowest BCUT2D eigenvalue weighted by Crippen LogP contribution is -2.53. The number of hydrogen-bond acceptors (Lipinski definition) is 5. The minimum absolute atomic E-state index is 0.142. The molecular weight excluding hydrogens is 573 g/mol. The fourth-order valence-electron chi connectivity index (χ4n) is 4.19. The second-order valence-electron chi connectivity index (χ2n) is 9.20. The molecule has 2 amide bonds. The minimum Gasteiger partial charge on any atom is -0.355 e. The van der Waals surface area contributed by atoms with Gasteiger partial charge in [0.2, 0.25) is 21.8 Å². The van der Waals surface area contributed by atoms with Crippen molar-refractivity contribution in [1.82, 2.24) is 10.2 Å². The number of ketones is 1. The first-order valence-electron chi connectivity index (χ1n) is 12.5. The van der Waals surface area contributed by atoms with E-state index in [1.165, 1.54) is 24.0 Å². The normalized spacial score (nSPS) is 11.9. The fraction of sp³-hybridized carbons (Fsp3) is 0.276. The number of carbonyl (C=O) groups is 3. The molecule has 0 heterocycles. The number of likely N-dealkylation sites (N-methyl/N-ethyl adjacent to an activating group) is 1. The molecule has 0 spiro atoms. The van der Waals surface area contributed by atoms with Crippen LogP contribution in [-0.2, 0) is 32.6 Å². The van der Waals surface area contributed by atoms with Crippen LogP contribution in [0.1, 0.15) is 35.3 Å². The summed E-state index contributed by atoms with van der Waals surface area (Å²) >= 11 is 12.9. The molecule has 40 heavy (non-hydrogen) atoms. The molecule has 0 bridgehead atoms. The standard InChI is InChI=1S/C29H31Cl2N3O5S/c1-4-32-29(37)27(16-21-10-6-5-7-11-21)33(18-24-25(30)14-9-15-26(24)31)28(36)19-34(40(3,38)39)23-13-8-12-22(17-23)20(2)35/h5-15,17,27H,4,16,18-19H2,1-3H3,(H,32,37)/t27-/m1/s1. The van der Waals surface area contributed by atoms with Crippen LogP contribution >= 0.6 is 23.2 Å². The number of sulfonamides is 1. The van der Waals surface area contributed by atoms with E-state index in [9.17, 15) is 22.8 Å². The van der Waals surface area contributed by atoms with Crippen LogP contribution in [0.3, 0.4) is 0 Å². The molecule has 11 heteroatoms. The Balaban J connectivity index is 2.10. The van der Waals surface area contributed by atoms with Crippen molar-refractivity contribution in [2.24, 2.45) is 0 Å². The quantitative estimate of drug-likeness (QED) is 0.301. The number of anilines is 1. The van der Waals surface area contributed by atoms with E-state index < -0.39 is 34.4 Å². The molecule has 0 aliphatic rings. The maximum absolute atomic E-state index is 14.0. The van der Waals surface area contributed by atoms with Crippen molar-refractivity contribution in [2.75, 3.05) is 23.7 Å². The lowest BCUT2D eigenvalue weighted by Gasteiger charge is -2.34. The first-order valence-corrected chi connectivity index (χ1v) is 15.2. The van der Waals surface area contributed by atoms with Gasteiger partial charge in [0, 0.05) is 40.7 Å².